The number of aromatic nitrogens is 3. The first-order chi connectivity index (χ1) is 9.15. The Bertz CT molecular complexity index is 635. The molecule has 0 aliphatic heterocycles. The third-order valence-electron chi connectivity index (χ3n) is 3.16. The van der Waals surface area contributed by atoms with Crippen molar-refractivity contribution in [1.82, 2.24) is 15.0 Å². The maximum absolute atomic E-state index is 11.1. The lowest BCUT2D eigenvalue weighted by Gasteiger charge is -2.06. The summed E-state index contributed by atoms with van der Waals surface area (Å²) < 4.78 is 1.67. The second-order valence-corrected chi connectivity index (χ2v) is 5.13. The molecule has 1 N–H and O–H groups in total. The number of nitrogens with zero attached hydrogens (tertiary/aromatic N) is 3. The van der Waals surface area contributed by atoms with Crippen molar-refractivity contribution in [1.29, 1.82) is 0 Å². The van der Waals surface area contributed by atoms with Gasteiger partial charge in [0.1, 0.15) is 0 Å². The highest BCUT2D eigenvalue weighted by Crippen LogP contribution is 2.41. The summed E-state index contributed by atoms with van der Waals surface area (Å²) in [7, 11) is 0. The Morgan fingerprint density at radius 2 is 2.26 bits per heavy atom. The predicted octanol–water partition coefficient (Wildman–Crippen LogP) is 2.56. The highest BCUT2D eigenvalue weighted by Gasteiger charge is 2.33. The predicted molar refractivity (Wildman–Crippen MR) is 69.5 cm³/mol. The van der Waals surface area contributed by atoms with Crippen molar-refractivity contribution < 1.29 is 9.90 Å². The average Bonchev–Trinajstić information content (AvgIpc) is 3.11. The van der Waals surface area contributed by atoms with Gasteiger partial charge in [0, 0.05) is 10.9 Å². The van der Waals surface area contributed by atoms with E-state index in [9.17, 15) is 4.79 Å². The Morgan fingerprint density at radius 1 is 1.47 bits per heavy atom. The molecule has 0 spiro atoms. The Kier molecular flexibility index (Phi) is 2.98. The zero-order chi connectivity index (χ0) is 13.4. The standard InChI is InChI=1S/C13H12ClN3O2/c14-10-3-1-2-8(6-10)7-17-12(9-4-5-9)11(13(18)19)15-16-17/h1-3,6,9H,4-5,7H2,(H,18,19). The molecule has 98 valence electrons. The van der Waals surface area contributed by atoms with E-state index in [0.717, 1.165) is 24.1 Å². The van der Waals surface area contributed by atoms with Gasteiger partial charge in [-0.1, -0.05) is 28.9 Å². The Hall–Kier alpha value is -1.88. The van der Waals surface area contributed by atoms with Crippen molar-refractivity contribution in [3.63, 3.8) is 0 Å². The number of carboxylic acid groups (broad SMARTS) is 1. The normalized spacial score (nSPS) is 14.6. The summed E-state index contributed by atoms with van der Waals surface area (Å²) in [6.07, 6.45) is 2.01. The molecule has 1 heterocycles. The summed E-state index contributed by atoms with van der Waals surface area (Å²) in [5, 5.41) is 17.5. The zero-order valence-corrected chi connectivity index (χ0v) is 10.8. The fraction of sp³-hybridized carbons (Fsp3) is 0.308. The third kappa shape index (κ3) is 2.46. The van der Waals surface area contributed by atoms with Crippen molar-refractivity contribution in [2.24, 2.45) is 0 Å². The molecule has 1 aliphatic rings. The molecule has 1 aromatic heterocycles. The van der Waals surface area contributed by atoms with Gasteiger partial charge in [-0.05, 0) is 30.5 Å². The summed E-state index contributed by atoms with van der Waals surface area (Å²) in [6, 6.07) is 7.45. The first kappa shape index (κ1) is 12.2. The molecule has 1 saturated carbocycles. The van der Waals surface area contributed by atoms with E-state index >= 15 is 0 Å². The lowest BCUT2D eigenvalue weighted by molar-refractivity contribution is 0.0689. The Balaban J connectivity index is 1.94. The zero-order valence-electron chi connectivity index (χ0n) is 10.1. The smallest absolute Gasteiger partial charge is 0.358 e. The quantitative estimate of drug-likeness (QED) is 0.932. The van der Waals surface area contributed by atoms with Crippen LogP contribution < -0.4 is 0 Å². The van der Waals surface area contributed by atoms with Crippen LogP contribution >= 0.6 is 11.6 Å². The van der Waals surface area contributed by atoms with Gasteiger partial charge < -0.3 is 5.11 Å². The monoisotopic (exact) mass is 277 g/mol. The summed E-state index contributed by atoms with van der Waals surface area (Å²) >= 11 is 5.94. The number of hydrogen-bond donors (Lipinski definition) is 1. The average molecular weight is 278 g/mol. The van der Waals surface area contributed by atoms with Crippen LogP contribution in [0.3, 0.4) is 0 Å². The molecule has 1 aromatic carbocycles. The third-order valence-corrected chi connectivity index (χ3v) is 3.40. The van der Waals surface area contributed by atoms with Gasteiger partial charge in [-0.15, -0.1) is 5.10 Å². The molecule has 2 aromatic rings. The Morgan fingerprint density at radius 3 is 2.89 bits per heavy atom. The summed E-state index contributed by atoms with van der Waals surface area (Å²) in [6.45, 7) is 0.493. The minimum atomic E-state index is -1.01. The molecule has 0 atom stereocenters. The molecule has 5 nitrogen and oxygen atoms in total. The van der Waals surface area contributed by atoms with Crippen LogP contribution in [0.2, 0.25) is 5.02 Å². The van der Waals surface area contributed by atoms with Gasteiger partial charge >= 0.3 is 5.97 Å². The maximum atomic E-state index is 11.1. The van der Waals surface area contributed by atoms with E-state index in [1.165, 1.54) is 0 Å². The van der Waals surface area contributed by atoms with Gasteiger partial charge in [0.05, 0.1) is 12.2 Å². The van der Waals surface area contributed by atoms with Crippen LogP contribution in [-0.4, -0.2) is 26.1 Å². The van der Waals surface area contributed by atoms with Crippen LogP contribution in [-0.2, 0) is 6.54 Å². The van der Waals surface area contributed by atoms with Crippen molar-refractivity contribution in [3.8, 4) is 0 Å². The van der Waals surface area contributed by atoms with Crippen molar-refractivity contribution in [2.45, 2.75) is 25.3 Å². The second-order valence-electron chi connectivity index (χ2n) is 4.69. The van der Waals surface area contributed by atoms with E-state index in [1.807, 2.05) is 18.2 Å². The Labute approximate surface area is 114 Å². The van der Waals surface area contributed by atoms with E-state index in [4.69, 9.17) is 16.7 Å². The van der Waals surface area contributed by atoms with Crippen molar-refractivity contribution >= 4 is 17.6 Å². The van der Waals surface area contributed by atoms with Crippen LogP contribution in [0.5, 0.6) is 0 Å². The van der Waals surface area contributed by atoms with Crippen LogP contribution in [0.25, 0.3) is 0 Å². The first-order valence-corrected chi connectivity index (χ1v) is 6.44. The molecule has 0 radical (unpaired) electrons. The number of halogens is 1. The van der Waals surface area contributed by atoms with Gasteiger partial charge in [0.2, 0.25) is 0 Å². The molecule has 19 heavy (non-hydrogen) atoms. The summed E-state index contributed by atoms with van der Waals surface area (Å²) in [4.78, 5) is 11.1. The number of carbonyl (C=O) groups is 1. The van der Waals surface area contributed by atoms with Gasteiger partial charge in [-0.25, -0.2) is 9.48 Å². The van der Waals surface area contributed by atoms with Gasteiger partial charge in [-0.3, -0.25) is 0 Å². The molecular weight excluding hydrogens is 266 g/mol. The van der Waals surface area contributed by atoms with E-state index in [1.54, 1.807) is 10.7 Å². The molecule has 0 unspecified atom stereocenters. The second kappa shape index (κ2) is 4.66. The highest BCUT2D eigenvalue weighted by molar-refractivity contribution is 6.30. The fourth-order valence-corrected chi connectivity index (χ4v) is 2.37. The van der Waals surface area contributed by atoms with Crippen LogP contribution in [0.15, 0.2) is 24.3 Å². The summed E-state index contributed by atoms with van der Waals surface area (Å²) in [5.74, 6) is -0.737. The number of aromatic carboxylic acids is 1. The molecule has 1 fully saturated rings. The SMILES string of the molecule is O=C(O)c1nnn(Cc2cccc(Cl)c2)c1C1CC1. The van der Waals surface area contributed by atoms with Crippen LogP contribution in [0.4, 0.5) is 0 Å². The molecule has 0 amide bonds. The van der Waals surface area contributed by atoms with Gasteiger partial charge in [0.15, 0.2) is 5.69 Å². The fourth-order valence-electron chi connectivity index (χ4n) is 2.16. The first-order valence-electron chi connectivity index (χ1n) is 6.06. The maximum Gasteiger partial charge on any atom is 0.358 e. The van der Waals surface area contributed by atoms with Crippen molar-refractivity contribution in [3.05, 3.63) is 46.2 Å². The number of hydrogen-bond acceptors (Lipinski definition) is 3. The minimum absolute atomic E-state index is 0.0736. The molecule has 6 heteroatoms. The van der Waals surface area contributed by atoms with E-state index < -0.39 is 5.97 Å². The van der Waals surface area contributed by atoms with Crippen LogP contribution in [0.1, 0.15) is 40.5 Å². The molecule has 0 bridgehead atoms. The minimum Gasteiger partial charge on any atom is -0.476 e. The molecule has 0 saturated heterocycles. The van der Waals surface area contributed by atoms with Gasteiger partial charge in [0.25, 0.3) is 0 Å². The molecule has 3 rings (SSSR count). The number of carboxylic acids is 1. The lowest BCUT2D eigenvalue weighted by atomic mass is 10.2. The van der Waals surface area contributed by atoms with Gasteiger partial charge in [-0.2, -0.15) is 0 Å². The van der Waals surface area contributed by atoms with Crippen molar-refractivity contribution in [2.75, 3.05) is 0 Å². The van der Waals surface area contributed by atoms with E-state index in [0.29, 0.717) is 11.6 Å². The number of rotatable bonds is 4. The van der Waals surface area contributed by atoms with E-state index in [2.05, 4.69) is 10.3 Å². The molecule has 1 aliphatic carbocycles. The lowest BCUT2D eigenvalue weighted by Crippen LogP contribution is -2.08. The van der Waals surface area contributed by atoms with E-state index in [-0.39, 0.29) is 11.6 Å². The summed E-state index contributed by atoms with van der Waals surface area (Å²) in [5.41, 5.74) is 1.79. The molecular formula is C13H12ClN3O2. The topological polar surface area (TPSA) is 68.0 Å². The highest BCUT2D eigenvalue weighted by atomic mass is 35.5. The largest absolute Gasteiger partial charge is 0.476 e. The van der Waals surface area contributed by atoms with Crippen LogP contribution in [0, 0.1) is 0 Å². The number of benzene rings is 1.